The van der Waals surface area contributed by atoms with E-state index in [0.29, 0.717) is 0 Å². The number of hydrogen-bond donors (Lipinski definition) is 2. The van der Waals surface area contributed by atoms with Crippen molar-refractivity contribution in [2.45, 2.75) is 24.9 Å². The van der Waals surface area contributed by atoms with Crippen molar-refractivity contribution in [3.05, 3.63) is 0 Å². The van der Waals surface area contributed by atoms with Crippen LogP contribution in [0, 0.1) is 5.92 Å². The molecule has 1 saturated heterocycles. The third-order valence-electron chi connectivity index (χ3n) is 2.01. The smallest absolute Gasteiger partial charge is 0.258 e. The van der Waals surface area contributed by atoms with Gasteiger partial charge >= 0.3 is 0 Å². The van der Waals surface area contributed by atoms with Crippen molar-refractivity contribution in [2.24, 2.45) is 5.92 Å². The molecule has 4 atom stereocenters. The van der Waals surface area contributed by atoms with Crippen LogP contribution in [0.3, 0.4) is 0 Å². The van der Waals surface area contributed by atoms with E-state index in [1.807, 2.05) is 0 Å². The summed E-state index contributed by atoms with van der Waals surface area (Å²) in [5.41, 5.74) is 0. The minimum absolute atomic E-state index is 0.493. The van der Waals surface area contributed by atoms with Crippen LogP contribution in [0.1, 0.15) is 6.92 Å². The largest absolute Gasteiger partial charge is 0.390 e. The van der Waals surface area contributed by atoms with Gasteiger partial charge in [-0.3, -0.25) is 0 Å². The van der Waals surface area contributed by atoms with Gasteiger partial charge in [-0.2, -0.15) is 0 Å². The van der Waals surface area contributed by atoms with Gasteiger partial charge in [-0.05, 0) is 0 Å². The maximum Gasteiger partial charge on any atom is 0.258 e. The summed E-state index contributed by atoms with van der Waals surface area (Å²) in [6.07, 6.45) is -1.34. The summed E-state index contributed by atoms with van der Waals surface area (Å²) in [4.78, 5) is 0. The Morgan fingerprint density at radius 1 is 1.73 bits per heavy atom. The molecule has 0 amide bonds. The molecule has 11 heavy (non-hydrogen) atoms. The fourth-order valence-electron chi connectivity index (χ4n) is 1.11. The fourth-order valence-corrected chi connectivity index (χ4v) is 1.11. The molecule has 1 aliphatic heterocycles. The Bertz CT molecular complexity index is 157. The average molecular weight is 160 g/mol. The highest BCUT2D eigenvalue weighted by Gasteiger charge is 2.51. The van der Waals surface area contributed by atoms with Gasteiger partial charge in [0, 0.05) is 11.9 Å². The summed E-state index contributed by atoms with van der Waals surface area (Å²) in [7, 11) is 5.29. The first-order valence-electron chi connectivity index (χ1n) is 3.42. The molecule has 0 saturated carbocycles. The first-order chi connectivity index (χ1) is 5.01. The molecule has 1 unspecified atom stereocenters. The summed E-state index contributed by atoms with van der Waals surface area (Å²) in [6.45, 7) is 0.693. The van der Waals surface area contributed by atoms with E-state index in [1.165, 1.54) is 0 Å². The summed E-state index contributed by atoms with van der Waals surface area (Å²) in [5.74, 6) is -2.87. The van der Waals surface area contributed by atoms with Crippen LogP contribution in [-0.4, -0.2) is 42.6 Å². The van der Waals surface area contributed by atoms with Crippen LogP contribution in [0.5, 0.6) is 0 Å². The van der Waals surface area contributed by atoms with Crippen LogP contribution in [0.2, 0.25) is 0 Å². The van der Waals surface area contributed by atoms with Gasteiger partial charge in [0.2, 0.25) is 0 Å². The summed E-state index contributed by atoms with van der Waals surface area (Å²) in [6, 6.07) is -0.845. The molecular formula is C6H10BFO3. The molecule has 0 aliphatic carbocycles. The first-order valence-corrected chi connectivity index (χ1v) is 3.42. The monoisotopic (exact) mass is 160 g/mol. The zero-order valence-corrected chi connectivity index (χ0v) is 6.20. The molecule has 5 heteroatoms. The van der Waals surface area contributed by atoms with Crippen molar-refractivity contribution in [2.75, 3.05) is 6.61 Å². The van der Waals surface area contributed by atoms with Crippen molar-refractivity contribution in [1.82, 2.24) is 0 Å². The van der Waals surface area contributed by atoms with Crippen LogP contribution in [-0.2, 0) is 4.74 Å². The standard InChI is InChI=1S/C6H10BFO3/c1-3-4(10)6(8,2-9)11-5(3)7/h3-5,9-10H,2H2,1H3/t3-,4?,5+,6+/m0/s1. The lowest BCUT2D eigenvalue weighted by Gasteiger charge is -2.20. The first kappa shape index (κ1) is 8.97. The number of halogens is 1. The molecule has 62 valence electrons. The molecule has 3 nitrogen and oxygen atoms in total. The van der Waals surface area contributed by atoms with Gasteiger partial charge in [-0.25, -0.2) is 4.39 Å². The Labute approximate surface area is 65.6 Å². The molecule has 2 N–H and O–H groups in total. The van der Waals surface area contributed by atoms with Gasteiger partial charge in [0.05, 0.1) is 0 Å². The molecule has 0 aromatic heterocycles. The molecular weight excluding hydrogens is 150 g/mol. The highest BCUT2D eigenvalue weighted by Crippen LogP contribution is 2.34. The minimum Gasteiger partial charge on any atom is -0.390 e. The lowest BCUT2D eigenvalue weighted by Crippen LogP contribution is -2.39. The zero-order chi connectivity index (χ0) is 8.65. The number of aliphatic hydroxyl groups excluding tert-OH is 2. The molecule has 1 fully saturated rings. The number of hydrogen-bond acceptors (Lipinski definition) is 3. The van der Waals surface area contributed by atoms with Gasteiger partial charge in [0.1, 0.15) is 20.6 Å². The summed E-state index contributed by atoms with van der Waals surface area (Å²) >= 11 is 0. The summed E-state index contributed by atoms with van der Waals surface area (Å²) < 4.78 is 17.7. The Kier molecular flexibility index (Phi) is 2.23. The second-order valence-electron chi connectivity index (χ2n) is 2.83. The predicted octanol–water partition coefficient (Wildman–Crippen LogP) is -0.834. The Morgan fingerprint density at radius 3 is 2.45 bits per heavy atom. The molecule has 2 radical (unpaired) electrons. The Morgan fingerprint density at radius 2 is 2.27 bits per heavy atom. The summed E-state index contributed by atoms with van der Waals surface area (Å²) in [5, 5.41) is 17.7. The number of rotatable bonds is 1. The second-order valence-corrected chi connectivity index (χ2v) is 2.83. The Hall–Kier alpha value is -0.125. The van der Waals surface area contributed by atoms with Crippen molar-refractivity contribution in [3.63, 3.8) is 0 Å². The number of alkyl halides is 1. The topological polar surface area (TPSA) is 49.7 Å². The number of aliphatic hydroxyl groups is 2. The van der Waals surface area contributed by atoms with E-state index in [0.717, 1.165) is 0 Å². The van der Waals surface area contributed by atoms with Gasteiger partial charge in [-0.1, -0.05) is 6.92 Å². The highest BCUT2D eigenvalue weighted by atomic mass is 19.2. The van der Waals surface area contributed by atoms with Crippen LogP contribution in [0.4, 0.5) is 4.39 Å². The van der Waals surface area contributed by atoms with E-state index in [1.54, 1.807) is 6.92 Å². The van der Waals surface area contributed by atoms with Gasteiger partial charge in [0.25, 0.3) is 5.85 Å². The third kappa shape index (κ3) is 1.28. The predicted molar refractivity (Wildman–Crippen MR) is 36.7 cm³/mol. The second kappa shape index (κ2) is 2.73. The van der Waals surface area contributed by atoms with E-state index >= 15 is 0 Å². The van der Waals surface area contributed by atoms with Crippen molar-refractivity contribution in [3.8, 4) is 0 Å². The minimum atomic E-state index is -2.38. The SMILES string of the molecule is [B][C@@H]1O[C@](F)(CO)C(O)[C@@H]1C. The molecule has 0 aromatic carbocycles. The van der Waals surface area contributed by atoms with Crippen molar-refractivity contribution in [1.29, 1.82) is 0 Å². The maximum atomic E-state index is 13.1. The van der Waals surface area contributed by atoms with Crippen molar-refractivity contribution >= 4 is 7.85 Å². The Balaban J connectivity index is 2.73. The van der Waals surface area contributed by atoms with Gasteiger partial charge < -0.3 is 14.9 Å². The lowest BCUT2D eigenvalue weighted by molar-refractivity contribution is -0.185. The van der Waals surface area contributed by atoms with Crippen LogP contribution < -0.4 is 0 Å². The quantitative estimate of drug-likeness (QED) is 0.492. The van der Waals surface area contributed by atoms with Crippen LogP contribution >= 0.6 is 0 Å². The normalized spacial score (nSPS) is 51.5. The molecule has 0 bridgehead atoms. The molecule has 1 rings (SSSR count). The van der Waals surface area contributed by atoms with E-state index in [2.05, 4.69) is 4.74 Å². The fraction of sp³-hybridized carbons (Fsp3) is 1.00. The average Bonchev–Trinajstić information content (AvgIpc) is 2.17. The van der Waals surface area contributed by atoms with Crippen LogP contribution in [0.15, 0.2) is 0 Å². The van der Waals surface area contributed by atoms with Gasteiger partial charge in [-0.15, -0.1) is 0 Å². The molecule has 0 aromatic rings. The maximum absolute atomic E-state index is 13.1. The van der Waals surface area contributed by atoms with Crippen molar-refractivity contribution < 1.29 is 19.3 Å². The number of ether oxygens (including phenoxy) is 1. The van der Waals surface area contributed by atoms with Crippen LogP contribution in [0.25, 0.3) is 0 Å². The third-order valence-corrected chi connectivity index (χ3v) is 2.01. The highest BCUT2D eigenvalue weighted by molar-refractivity contribution is 6.11. The van der Waals surface area contributed by atoms with E-state index < -0.39 is 30.5 Å². The molecule has 1 heterocycles. The van der Waals surface area contributed by atoms with E-state index in [4.69, 9.17) is 18.1 Å². The molecule has 0 spiro atoms. The zero-order valence-electron chi connectivity index (χ0n) is 6.20. The molecule has 1 aliphatic rings. The van der Waals surface area contributed by atoms with Gasteiger partial charge in [0.15, 0.2) is 0 Å². The lowest BCUT2D eigenvalue weighted by atomic mass is 9.86. The van der Waals surface area contributed by atoms with E-state index in [-0.39, 0.29) is 0 Å². The van der Waals surface area contributed by atoms with E-state index in [9.17, 15) is 4.39 Å².